The Morgan fingerprint density at radius 2 is 1.81 bits per heavy atom. The van der Waals surface area contributed by atoms with E-state index in [9.17, 15) is 9.90 Å². The van der Waals surface area contributed by atoms with Crippen LogP contribution >= 0.6 is 11.8 Å². The minimum absolute atomic E-state index is 0.143. The van der Waals surface area contributed by atoms with Gasteiger partial charge in [-0.3, -0.25) is 4.79 Å². The van der Waals surface area contributed by atoms with E-state index in [0.29, 0.717) is 10.8 Å². The molecule has 0 fully saturated rings. The third-order valence-electron chi connectivity index (χ3n) is 3.90. The van der Waals surface area contributed by atoms with Crippen LogP contribution in [0.15, 0.2) is 71.9 Å². The molecule has 4 aromatic rings. The highest BCUT2D eigenvalue weighted by molar-refractivity contribution is 7.99. The van der Waals surface area contributed by atoms with Gasteiger partial charge in [0.2, 0.25) is 11.1 Å². The number of anilines is 1. The van der Waals surface area contributed by atoms with Gasteiger partial charge >= 0.3 is 0 Å². The summed E-state index contributed by atoms with van der Waals surface area (Å²) in [5.74, 6) is 0.192. The van der Waals surface area contributed by atoms with E-state index in [1.165, 1.54) is 16.4 Å². The first-order valence-electron chi connectivity index (χ1n) is 8.18. The SMILES string of the molecule is O=C(CSc1nnnn1-c1ccc(O)cc1)Nc1ccc2ccccc2c1. The molecule has 4 rings (SSSR count). The van der Waals surface area contributed by atoms with E-state index < -0.39 is 0 Å². The summed E-state index contributed by atoms with van der Waals surface area (Å²) >= 11 is 1.24. The lowest BCUT2D eigenvalue weighted by atomic mass is 10.1. The van der Waals surface area contributed by atoms with Crippen molar-refractivity contribution in [1.82, 2.24) is 20.2 Å². The number of nitrogens with one attached hydrogen (secondary N) is 1. The number of phenols is 1. The zero-order chi connectivity index (χ0) is 18.6. The molecule has 3 aromatic carbocycles. The van der Waals surface area contributed by atoms with Gasteiger partial charge in [-0.05, 0) is 57.6 Å². The number of carbonyl (C=O) groups is 1. The lowest BCUT2D eigenvalue weighted by Crippen LogP contribution is -2.14. The van der Waals surface area contributed by atoms with E-state index in [4.69, 9.17) is 0 Å². The summed E-state index contributed by atoms with van der Waals surface area (Å²) in [5.41, 5.74) is 1.45. The zero-order valence-corrected chi connectivity index (χ0v) is 14.9. The highest BCUT2D eigenvalue weighted by Gasteiger charge is 2.12. The van der Waals surface area contributed by atoms with Gasteiger partial charge in [0.25, 0.3) is 0 Å². The molecule has 0 saturated heterocycles. The summed E-state index contributed by atoms with van der Waals surface area (Å²) in [4.78, 5) is 12.3. The quantitative estimate of drug-likeness (QED) is 0.519. The fraction of sp³-hybridized carbons (Fsp3) is 0.0526. The van der Waals surface area contributed by atoms with E-state index in [1.807, 2.05) is 42.5 Å². The second-order valence-corrected chi connectivity index (χ2v) is 6.73. The third-order valence-corrected chi connectivity index (χ3v) is 4.82. The van der Waals surface area contributed by atoms with E-state index >= 15 is 0 Å². The summed E-state index contributed by atoms with van der Waals surface area (Å²) in [7, 11) is 0. The predicted octanol–water partition coefficient (Wildman–Crippen LogP) is 3.25. The highest BCUT2D eigenvalue weighted by Crippen LogP contribution is 2.21. The molecular weight excluding hydrogens is 362 g/mol. The molecule has 0 bridgehead atoms. The van der Waals surface area contributed by atoms with Gasteiger partial charge in [-0.25, -0.2) is 0 Å². The number of tetrazole rings is 1. The Bertz CT molecular complexity index is 1090. The van der Waals surface area contributed by atoms with Gasteiger partial charge in [0, 0.05) is 5.69 Å². The smallest absolute Gasteiger partial charge is 0.234 e. The Balaban J connectivity index is 1.42. The molecule has 27 heavy (non-hydrogen) atoms. The average molecular weight is 377 g/mol. The first-order valence-corrected chi connectivity index (χ1v) is 9.17. The Morgan fingerprint density at radius 3 is 2.63 bits per heavy atom. The van der Waals surface area contributed by atoms with Crippen LogP contribution in [0.5, 0.6) is 5.75 Å². The van der Waals surface area contributed by atoms with Crippen LogP contribution in [0, 0.1) is 0 Å². The molecule has 0 saturated carbocycles. The van der Waals surface area contributed by atoms with Crippen molar-refractivity contribution in [1.29, 1.82) is 0 Å². The third kappa shape index (κ3) is 3.90. The van der Waals surface area contributed by atoms with E-state index in [0.717, 1.165) is 16.5 Å². The molecule has 2 N–H and O–H groups in total. The van der Waals surface area contributed by atoms with Crippen LogP contribution < -0.4 is 5.32 Å². The van der Waals surface area contributed by atoms with Gasteiger partial charge < -0.3 is 10.4 Å². The first-order chi connectivity index (χ1) is 13.2. The van der Waals surface area contributed by atoms with Crippen molar-refractivity contribution >= 4 is 34.1 Å². The summed E-state index contributed by atoms with van der Waals surface area (Å²) in [5, 5.41) is 26.5. The number of fused-ring (bicyclic) bond motifs is 1. The topological polar surface area (TPSA) is 92.9 Å². The van der Waals surface area contributed by atoms with Crippen LogP contribution in [0.2, 0.25) is 0 Å². The number of rotatable bonds is 5. The molecule has 134 valence electrons. The summed E-state index contributed by atoms with van der Waals surface area (Å²) in [6.45, 7) is 0. The van der Waals surface area contributed by atoms with E-state index in [2.05, 4.69) is 20.8 Å². The summed E-state index contributed by atoms with van der Waals surface area (Å²) < 4.78 is 1.52. The van der Waals surface area contributed by atoms with Crippen molar-refractivity contribution in [2.75, 3.05) is 11.1 Å². The summed E-state index contributed by atoms with van der Waals surface area (Å²) in [6, 6.07) is 20.3. The molecule has 1 amide bonds. The minimum atomic E-state index is -0.143. The van der Waals surface area contributed by atoms with Gasteiger partial charge in [0.1, 0.15) is 5.75 Å². The molecule has 1 heterocycles. The Labute approximate surface area is 159 Å². The Kier molecular flexibility index (Phi) is 4.71. The van der Waals surface area contributed by atoms with Gasteiger partial charge in [-0.1, -0.05) is 42.1 Å². The fourth-order valence-electron chi connectivity index (χ4n) is 2.62. The van der Waals surface area contributed by atoms with Gasteiger partial charge in [0.15, 0.2) is 0 Å². The van der Waals surface area contributed by atoms with Crippen LogP contribution in [0.1, 0.15) is 0 Å². The molecule has 1 aromatic heterocycles. The second-order valence-electron chi connectivity index (χ2n) is 5.79. The molecule has 0 radical (unpaired) electrons. The largest absolute Gasteiger partial charge is 0.508 e. The molecule has 0 aliphatic heterocycles. The van der Waals surface area contributed by atoms with Crippen LogP contribution in [0.25, 0.3) is 16.5 Å². The van der Waals surface area contributed by atoms with Gasteiger partial charge in [-0.15, -0.1) is 5.10 Å². The van der Waals surface area contributed by atoms with Crippen molar-refractivity contribution in [2.24, 2.45) is 0 Å². The Hall–Kier alpha value is -3.39. The van der Waals surface area contributed by atoms with Crippen LogP contribution in [0.3, 0.4) is 0 Å². The van der Waals surface area contributed by atoms with Crippen molar-refractivity contribution < 1.29 is 9.90 Å². The van der Waals surface area contributed by atoms with E-state index in [-0.39, 0.29) is 17.4 Å². The maximum absolute atomic E-state index is 12.3. The van der Waals surface area contributed by atoms with Crippen LogP contribution in [0.4, 0.5) is 5.69 Å². The predicted molar refractivity (Wildman–Crippen MR) is 104 cm³/mol. The van der Waals surface area contributed by atoms with Crippen molar-refractivity contribution in [3.05, 3.63) is 66.7 Å². The number of aromatic hydroxyl groups is 1. The number of hydrogen-bond acceptors (Lipinski definition) is 6. The molecule has 0 atom stereocenters. The maximum Gasteiger partial charge on any atom is 0.234 e. The van der Waals surface area contributed by atoms with Crippen molar-refractivity contribution in [3.63, 3.8) is 0 Å². The van der Waals surface area contributed by atoms with Gasteiger partial charge in [0.05, 0.1) is 11.4 Å². The van der Waals surface area contributed by atoms with Gasteiger partial charge in [-0.2, -0.15) is 4.68 Å². The molecule has 8 heteroatoms. The second kappa shape index (κ2) is 7.46. The van der Waals surface area contributed by atoms with E-state index in [1.54, 1.807) is 24.3 Å². The average Bonchev–Trinajstić information content (AvgIpc) is 3.15. The maximum atomic E-state index is 12.3. The lowest BCUT2D eigenvalue weighted by Gasteiger charge is -2.07. The standard InChI is InChI=1S/C19H15N5O2S/c25-17-9-7-16(8-10-17)24-19(21-22-23-24)27-12-18(26)20-15-6-5-13-3-1-2-4-14(13)11-15/h1-11,25H,12H2,(H,20,26). The number of benzene rings is 3. The molecule has 7 nitrogen and oxygen atoms in total. The number of phenolic OH excluding ortho intramolecular Hbond substituents is 1. The van der Waals surface area contributed by atoms with Crippen LogP contribution in [-0.2, 0) is 4.79 Å². The normalized spacial score (nSPS) is 10.8. The monoisotopic (exact) mass is 377 g/mol. The first kappa shape index (κ1) is 17.0. The number of aromatic nitrogens is 4. The lowest BCUT2D eigenvalue weighted by molar-refractivity contribution is -0.113. The number of amides is 1. The molecule has 0 unspecified atom stereocenters. The molecule has 0 spiro atoms. The number of carbonyl (C=O) groups excluding carboxylic acids is 1. The molecule has 0 aliphatic rings. The fourth-order valence-corrected chi connectivity index (χ4v) is 3.31. The summed E-state index contributed by atoms with van der Waals surface area (Å²) in [6.07, 6.45) is 0. The van der Waals surface area contributed by atoms with Crippen molar-refractivity contribution in [3.8, 4) is 11.4 Å². The highest BCUT2D eigenvalue weighted by atomic mass is 32.2. The number of thioether (sulfide) groups is 1. The minimum Gasteiger partial charge on any atom is -0.508 e. The van der Waals surface area contributed by atoms with Crippen LogP contribution in [-0.4, -0.2) is 37.0 Å². The molecular formula is C19H15N5O2S. The molecule has 0 aliphatic carbocycles. The number of hydrogen-bond donors (Lipinski definition) is 2. The zero-order valence-electron chi connectivity index (χ0n) is 14.1. The Morgan fingerprint density at radius 1 is 1.04 bits per heavy atom. The number of nitrogens with zero attached hydrogens (tertiary/aromatic N) is 4. The van der Waals surface area contributed by atoms with Crippen molar-refractivity contribution in [2.45, 2.75) is 5.16 Å².